The summed E-state index contributed by atoms with van der Waals surface area (Å²) in [4.78, 5) is 16.1. The van der Waals surface area contributed by atoms with E-state index in [1.807, 2.05) is 6.92 Å². The molecule has 0 saturated carbocycles. The highest BCUT2D eigenvalue weighted by Gasteiger charge is 2.33. The maximum Gasteiger partial charge on any atom is 0.228 e. The summed E-state index contributed by atoms with van der Waals surface area (Å²) in [7, 11) is 0. The van der Waals surface area contributed by atoms with Gasteiger partial charge in [-0.05, 0) is 13.5 Å². The lowest BCUT2D eigenvalue weighted by Crippen LogP contribution is -2.44. The maximum atomic E-state index is 12.0. The number of hydrogen-bond acceptors (Lipinski definition) is 6. The molecule has 1 aromatic heterocycles. The van der Waals surface area contributed by atoms with Crippen LogP contribution in [0.2, 0.25) is 0 Å². The molecular formula is C12H20N4O3. The van der Waals surface area contributed by atoms with Gasteiger partial charge in [0.2, 0.25) is 11.8 Å². The van der Waals surface area contributed by atoms with Crippen LogP contribution in [-0.4, -0.2) is 48.4 Å². The smallest absolute Gasteiger partial charge is 0.228 e. The van der Waals surface area contributed by atoms with Crippen LogP contribution in [0.15, 0.2) is 4.52 Å². The maximum absolute atomic E-state index is 12.0. The number of carbonyl (C=O) groups excluding carboxylic acids is 1. The SMILES string of the molecule is CCNC1COCC1C(=O)NCCc1nc(C)no1. The summed E-state index contributed by atoms with van der Waals surface area (Å²) in [5, 5.41) is 9.84. The van der Waals surface area contributed by atoms with E-state index in [0.717, 1.165) is 6.54 Å². The fraction of sp³-hybridized carbons (Fsp3) is 0.750. The Morgan fingerprint density at radius 1 is 1.47 bits per heavy atom. The molecule has 19 heavy (non-hydrogen) atoms. The van der Waals surface area contributed by atoms with Crippen LogP contribution in [0.3, 0.4) is 0 Å². The molecule has 0 radical (unpaired) electrons. The average Bonchev–Trinajstić information content (AvgIpc) is 2.99. The van der Waals surface area contributed by atoms with Crippen LogP contribution in [0.1, 0.15) is 18.6 Å². The van der Waals surface area contributed by atoms with E-state index < -0.39 is 0 Å². The molecule has 2 heterocycles. The molecule has 1 aliphatic heterocycles. The molecule has 2 atom stereocenters. The Morgan fingerprint density at radius 2 is 2.32 bits per heavy atom. The second-order valence-electron chi connectivity index (χ2n) is 4.58. The monoisotopic (exact) mass is 268 g/mol. The van der Waals surface area contributed by atoms with Gasteiger partial charge in [0.15, 0.2) is 5.82 Å². The fourth-order valence-corrected chi connectivity index (χ4v) is 2.14. The number of carbonyl (C=O) groups is 1. The van der Waals surface area contributed by atoms with E-state index in [2.05, 4.69) is 20.8 Å². The van der Waals surface area contributed by atoms with Gasteiger partial charge in [0.1, 0.15) is 0 Å². The van der Waals surface area contributed by atoms with Gasteiger partial charge in [-0.1, -0.05) is 12.1 Å². The van der Waals surface area contributed by atoms with Crippen LogP contribution in [0.5, 0.6) is 0 Å². The number of nitrogens with zero attached hydrogens (tertiary/aromatic N) is 2. The molecule has 1 aromatic rings. The molecule has 0 spiro atoms. The molecule has 2 unspecified atom stereocenters. The Balaban J connectivity index is 1.74. The van der Waals surface area contributed by atoms with Crippen molar-refractivity contribution >= 4 is 5.91 Å². The minimum absolute atomic E-state index is 0.0136. The fourth-order valence-electron chi connectivity index (χ4n) is 2.14. The zero-order valence-electron chi connectivity index (χ0n) is 11.3. The summed E-state index contributed by atoms with van der Waals surface area (Å²) in [6.45, 7) is 6.18. The van der Waals surface area contributed by atoms with E-state index in [1.165, 1.54) is 0 Å². The number of hydrogen-bond donors (Lipinski definition) is 2. The van der Waals surface area contributed by atoms with Gasteiger partial charge in [0.25, 0.3) is 0 Å². The summed E-state index contributed by atoms with van der Waals surface area (Å²) in [6, 6.07) is 0.107. The third-order valence-corrected chi connectivity index (χ3v) is 3.09. The van der Waals surface area contributed by atoms with Gasteiger partial charge in [0, 0.05) is 19.0 Å². The third-order valence-electron chi connectivity index (χ3n) is 3.09. The Kier molecular flexibility index (Phi) is 4.86. The molecule has 0 aromatic carbocycles. The molecule has 1 saturated heterocycles. The van der Waals surface area contributed by atoms with E-state index in [0.29, 0.717) is 37.9 Å². The van der Waals surface area contributed by atoms with Crippen molar-refractivity contribution in [2.75, 3.05) is 26.3 Å². The molecule has 1 fully saturated rings. The van der Waals surface area contributed by atoms with Gasteiger partial charge in [-0.25, -0.2) is 0 Å². The Morgan fingerprint density at radius 3 is 3.00 bits per heavy atom. The molecule has 2 N–H and O–H groups in total. The number of amides is 1. The standard InChI is InChI=1S/C12H20N4O3/c1-3-13-10-7-18-6-9(10)12(17)14-5-4-11-15-8(2)16-19-11/h9-10,13H,3-7H2,1-2H3,(H,14,17). The number of aromatic nitrogens is 2. The van der Waals surface area contributed by atoms with Crippen LogP contribution in [0, 0.1) is 12.8 Å². The van der Waals surface area contributed by atoms with E-state index in [1.54, 1.807) is 6.92 Å². The van der Waals surface area contributed by atoms with Crippen molar-refractivity contribution in [3.05, 3.63) is 11.7 Å². The largest absolute Gasteiger partial charge is 0.379 e. The Labute approximate surface area is 112 Å². The van der Waals surface area contributed by atoms with Crippen molar-refractivity contribution in [3.63, 3.8) is 0 Å². The number of likely N-dealkylation sites (N-methyl/N-ethyl adjacent to an activating group) is 1. The van der Waals surface area contributed by atoms with Crippen molar-refractivity contribution in [2.24, 2.45) is 5.92 Å². The molecule has 1 amide bonds. The van der Waals surface area contributed by atoms with Crippen LogP contribution in [0.4, 0.5) is 0 Å². The van der Waals surface area contributed by atoms with Crippen LogP contribution < -0.4 is 10.6 Å². The van der Waals surface area contributed by atoms with Gasteiger partial charge in [-0.15, -0.1) is 0 Å². The van der Waals surface area contributed by atoms with Crippen molar-refractivity contribution in [3.8, 4) is 0 Å². The summed E-state index contributed by atoms with van der Waals surface area (Å²) in [5.74, 6) is 1.05. The lowest BCUT2D eigenvalue weighted by Gasteiger charge is -2.17. The number of nitrogens with one attached hydrogen (secondary N) is 2. The topological polar surface area (TPSA) is 89.3 Å². The zero-order valence-corrected chi connectivity index (χ0v) is 11.3. The van der Waals surface area contributed by atoms with Crippen molar-refractivity contribution in [2.45, 2.75) is 26.3 Å². The predicted molar refractivity (Wildman–Crippen MR) is 67.5 cm³/mol. The molecule has 2 rings (SSSR count). The zero-order chi connectivity index (χ0) is 13.7. The number of ether oxygens (including phenoxy) is 1. The van der Waals surface area contributed by atoms with Gasteiger partial charge < -0.3 is 19.9 Å². The highest BCUT2D eigenvalue weighted by Crippen LogP contribution is 2.13. The molecule has 7 heteroatoms. The normalized spacial score (nSPS) is 22.6. The lowest BCUT2D eigenvalue weighted by atomic mass is 10.0. The van der Waals surface area contributed by atoms with Crippen molar-refractivity contribution < 1.29 is 14.1 Å². The van der Waals surface area contributed by atoms with Gasteiger partial charge >= 0.3 is 0 Å². The van der Waals surface area contributed by atoms with Gasteiger partial charge in [-0.3, -0.25) is 4.79 Å². The van der Waals surface area contributed by atoms with Gasteiger partial charge in [0.05, 0.1) is 19.1 Å². The molecular weight excluding hydrogens is 248 g/mol. The summed E-state index contributed by atoms with van der Waals surface area (Å²) in [6.07, 6.45) is 0.548. The van der Waals surface area contributed by atoms with E-state index in [4.69, 9.17) is 9.26 Å². The Hall–Kier alpha value is -1.47. The second-order valence-corrected chi connectivity index (χ2v) is 4.58. The number of aryl methyl sites for hydroxylation is 1. The minimum Gasteiger partial charge on any atom is -0.379 e. The highest BCUT2D eigenvalue weighted by atomic mass is 16.5. The minimum atomic E-state index is -0.121. The van der Waals surface area contributed by atoms with E-state index >= 15 is 0 Å². The molecule has 0 bridgehead atoms. The second kappa shape index (κ2) is 6.63. The number of rotatable bonds is 6. The van der Waals surface area contributed by atoms with E-state index in [9.17, 15) is 4.79 Å². The molecule has 0 aliphatic carbocycles. The summed E-state index contributed by atoms with van der Waals surface area (Å²) < 4.78 is 10.3. The average molecular weight is 268 g/mol. The van der Waals surface area contributed by atoms with Crippen LogP contribution in [0.25, 0.3) is 0 Å². The highest BCUT2D eigenvalue weighted by molar-refractivity contribution is 5.79. The van der Waals surface area contributed by atoms with Gasteiger partial charge in [-0.2, -0.15) is 4.98 Å². The van der Waals surface area contributed by atoms with Crippen LogP contribution >= 0.6 is 0 Å². The van der Waals surface area contributed by atoms with Crippen molar-refractivity contribution in [1.29, 1.82) is 0 Å². The molecule has 106 valence electrons. The Bertz CT molecular complexity index is 421. The summed E-state index contributed by atoms with van der Waals surface area (Å²) in [5.41, 5.74) is 0. The summed E-state index contributed by atoms with van der Waals surface area (Å²) >= 11 is 0. The third kappa shape index (κ3) is 3.74. The van der Waals surface area contributed by atoms with E-state index in [-0.39, 0.29) is 17.9 Å². The first-order chi connectivity index (χ1) is 9.20. The first kappa shape index (κ1) is 14.0. The van der Waals surface area contributed by atoms with Crippen molar-refractivity contribution in [1.82, 2.24) is 20.8 Å². The molecule has 1 aliphatic rings. The van der Waals surface area contributed by atoms with Crippen LogP contribution in [-0.2, 0) is 16.0 Å². The first-order valence-electron chi connectivity index (χ1n) is 6.58. The predicted octanol–water partition coefficient (Wildman–Crippen LogP) is -0.339. The first-order valence-corrected chi connectivity index (χ1v) is 6.58. The quantitative estimate of drug-likeness (QED) is 0.734. The lowest BCUT2D eigenvalue weighted by molar-refractivity contribution is -0.125. The molecule has 7 nitrogen and oxygen atoms in total.